The molecule has 0 heterocycles. The van der Waals surface area contributed by atoms with Crippen LogP contribution in [0.5, 0.6) is 0 Å². The van der Waals surface area contributed by atoms with E-state index in [-0.39, 0.29) is 16.4 Å². The van der Waals surface area contributed by atoms with Crippen molar-refractivity contribution in [3.63, 3.8) is 0 Å². The minimum Gasteiger partial charge on any atom is -0.465 e. The molecule has 1 aromatic rings. The molecule has 1 unspecified atom stereocenters. The van der Waals surface area contributed by atoms with Crippen LogP contribution >= 0.6 is 0 Å². The molecule has 0 saturated heterocycles. The highest BCUT2D eigenvalue weighted by Crippen LogP contribution is 2.20. The van der Waals surface area contributed by atoms with Crippen molar-refractivity contribution < 1.29 is 17.9 Å². The van der Waals surface area contributed by atoms with E-state index in [0.29, 0.717) is 12.2 Å². The summed E-state index contributed by atoms with van der Waals surface area (Å²) in [5.41, 5.74) is 5.82. The van der Waals surface area contributed by atoms with Gasteiger partial charge in [-0.25, -0.2) is 17.9 Å². The highest BCUT2D eigenvalue weighted by atomic mass is 32.2. The third kappa shape index (κ3) is 3.94. The number of esters is 1. The number of anilines is 1. The number of nitrogens with one attached hydrogen (secondary N) is 1. The summed E-state index contributed by atoms with van der Waals surface area (Å²) in [7, 11) is -2.59. The fourth-order valence-corrected chi connectivity index (χ4v) is 2.86. The number of methoxy groups -OCH3 is 1. The first-order valence-corrected chi connectivity index (χ1v) is 7.77. The molecule has 0 saturated carbocycles. The standard InChI is InChI=1S/C13H20N2O4S/c1-4-9(2)8-15-20(17,18)12-6-5-10(14)7-11(12)13(16)19-3/h5-7,9,15H,4,8,14H2,1-3H3. The van der Waals surface area contributed by atoms with Crippen LogP contribution in [-0.4, -0.2) is 28.0 Å². The molecule has 3 N–H and O–H groups in total. The molecule has 0 amide bonds. The Kier molecular flexibility index (Phi) is 5.52. The molecule has 20 heavy (non-hydrogen) atoms. The summed E-state index contributed by atoms with van der Waals surface area (Å²) in [6, 6.07) is 4.04. The number of ether oxygens (including phenoxy) is 1. The smallest absolute Gasteiger partial charge is 0.339 e. The van der Waals surface area contributed by atoms with Crippen LogP contribution in [0.2, 0.25) is 0 Å². The van der Waals surface area contributed by atoms with Crippen molar-refractivity contribution in [3.05, 3.63) is 23.8 Å². The molecule has 6 nitrogen and oxygen atoms in total. The van der Waals surface area contributed by atoms with E-state index in [4.69, 9.17) is 5.73 Å². The van der Waals surface area contributed by atoms with Crippen LogP contribution in [0, 0.1) is 5.92 Å². The number of hydrogen-bond acceptors (Lipinski definition) is 5. The highest BCUT2D eigenvalue weighted by Gasteiger charge is 2.23. The third-order valence-electron chi connectivity index (χ3n) is 3.02. The second-order valence-electron chi connectivity index (χ2n) is 4.61. The molecule has 112 valence electrons. The van der Waals surface area contributed by atoms with E-state index < -0.39 is 16.0 Å². The van der Waals surface area contributed by atoms with Gasteiger partial charge in [0, 0.05) is 12.2 Å². The van der Waals surface area contributed by atoms with E-state index >= 15 is 0 Å². The number of hydrogen-bond donors (Lipinski definition) is 2. The summed E-state index contributed by atoms with van der Waals surface area (Å²) in [5.74, 6) is -0.527. The molecule has 1 rings (SSSR count). The number of sulfonamides is 1. The number of carbonyl (C=O) groups is 1. The van der Waals surface area contributed by atoms with Crippen molar-refractivity contribution in [1.82, 2.24) is 4.72 Å². The van der Waals surface area contributed by atoms with Gasteiger partial charge in [0.05, 0.1) is 17.6 Å². The number of carbonyl (C=O) groups excluding carboxylic acids is 1. The minimum atomic E-state index is -3.77. The van der Waals surface area contributed by atoms with Gasteiger partial charge < -0.3 is 10.5 Å². The lowest BCUT2D eigenvalue weighted by atomic mass is 10.1. The molecule has 7 heteroatoms. The average molecular weight is 300 g/mol. The summed E-state index contributed by atoms with van der Waals surface area (Å²) in [4.78, 5) is 11.5. The molecule has 0 aromatic heterocycles. The first kappa shape index (κ1) is 16.5. The highest BCUT2D eigenvalue weighted by molar-refractivity contribution is 7.89. The maximum atomic E-state index is 12.2. The van der Waals surface area contributed by atoms with Crippen LogP contribution in [0.4, 0.5) is 5.69 Å². The first-order chi connectivity index (χ1) is 9.31. The van der Waals surface area contributed by atoms with Crippen LogP contribution in [0.25, 0.3) is 0 Å². The van der Waals surface area contributed by atoms with Crippen molar-refractivity contribution in [2.45, 2.75) is 25.2 Å². The number of nitrogens with two attached hydrogens (primary N) is 1. The SMILES string of the molecule is CCC(C)CNS(=O)(=O)c1ccc(N)cc1C(=O)OC. The summed E-state index contributed by atoms with van der Waals surface area (Å²) in [5, 5.41) is 0. The van der Waals surface area contributed by atoms with Gasteiger partial charge in [0.1, 0.15) is 0 Å². The Morgan fingerprint density at radius 1 is 1.45 bits per heavy atom. The Labute approximate surface area is 119 Å². The molecule has 0 aliphatic heterocycles. The van der Waals surface area contributed by atoms with Gasteiger partial charge in [-0.3, -0.25) is 0 Å². The number of benzene rings is 1. The fourth-order valence-electron chi connectivity index (χ4n) is 1.53. The Balaban J connectivity index is 3.14. The second kappa shape index (κ2) is 6.71. The largest absolute Gasteiger partial charge is 0.465 e. The Hall–Kier alpha value is -1.60. The lowest BCUT2D eigenvalue weighted by Crippen LogP contribution is -2.29. The Morgan fingerprint density at radius 3 is 2.65 bits per heavy atom. The molecule has 0 aliphatic carbocycles. The third-order valence-corrected chi connectivity index (χ3v) is 4.50. The molecule has 0 aliphatic rings. The van der Waals surface area contributed by atoms with Gasteiger partial charge in [-0.15, -0.1) is 0 Å². The lowest BCUT2D eigenvalue weighted by molar-refractivity contribution is 0.0596. The molecular weight excluding hydrogens is 280 g/mol. The number of rotatable bonds is 6. The van der Waals surface area contributed by atoms with Crippen LogP contribution in [-0.2, 0) is 14.8 Å². The summed E-state index contributed by atoms with van der Waals surface area (Å²) in [6.45, 7) is 4.22. The van der Waals surface area contributed by atoms with Crippen LogP contribution in [0.3, 0.4) is 0 Å². The fraction of sp³-hybridized carbons (Fsp3) is 0.462. The summed E-state index contributed by atoms with van der Waals surface area (Å²) < 4.78 is 31.6. The predicted molar refractivity (Wildman–Crippen MR) is 76.8 cm³/mol. The van der Waals surface area contributed by atoms with Crippen LogP contribution in [0.1, 0.15) is 30.6 Å². The van der Waals surface area contributed by atoms with Gasteiger partial charge in [-0.2, -0.15) is 0 Å². The quantitative estimate of drug-likeness (QED) is 0.611. The van der Waals surface area contributed by atoms with E-state index in [2.05, 4.69) is 9.46 Å². The van der Waals surface area contributed by atoms with Gasteiger partial charge in [-0.1, -0.05) is 20.3 Å². The van der Waals surface area contributed by atoms with Gasteiger partial charge in [-0.05, 0) is 24.1 Å². The monoisotopic (exact) mass is 300 g/mol. The first-order valence-electron chi connectivity index (χ1n) is 6.29. The topological polar surface area (TPSA) is 98.5 Å². The van der Waals surface area contributed by atoms with Crippen LogP contribution in [0.15, 0.2) is 23.1 Å². The summed E-state index contributed by atoms with van der Waals surface area (Å²) >= 11 is 0. The molecular formula is C13H20N2O4S. The van der Waals surface area contributed by atoms with Crippen LogP contribution < -0.4 is 10.5 Å². The Morgan fingerprint density at radius 2 is 2.10 bits per heavy atom. The molecule has 0 spiro atoms. The Bertz CT molecular complexity index is 584. The van der Waals surface area contributed by atoms with Gasteiger partial charge in [0.25, 0.3) is 0 Å². The van der Waals surface area contributed by atoms with E-state index in [1.807, 2.05) is 13.8 Å². The van der Waals surface area contributed by atoms with Crippen molar-refractivity contribution in [2.24, 2.45) is 5.92 Å². The van der Waals surface area contributed by atoms with E-state index in [1.54, 1.807) is 0 Å². The molecule has 0 bridgehead atoms. The van der Waals surface area contributed by atoms with Gasteiger partial charge in [0.15, 0.2) is 0 Å². The van der Waals surface area contributed by atoms with Crippen molar-refractivity contribution in [1.29, 1.82) is 0 Å². The predicted octanol–water partition coefficient (Wildman–Crippen LogP) is 1.38. The maximum Gasteiger partial charge on any atom is 0.339 e. The second-order valence-corrected chi connectivity index (χ2v) is 6.35. The number of nitrogen functional groups attached to an aromatic ring is 1. The van der Waals surface area contributed by atoms with Crippen molar-refractivity contribution in [2.75, 3.05) is 19.4 Å². The summed E-state index contributed by atoms with van der Waals surface area (Å²) in [6.07, 6.45) is 0.855. The van der Waals surface area contributed by atoms with Gasteiger partial charge >= 0.3 is 5.97 Å². The lowest BCUT2D eigenvalue weighted by Gasteiger charge is -2.13. The minimum absolute atomic E-state index is 0.0656. The maximum absolute atomic E-state index is 12.2. The van der Waals surface area contributed by atoms with E-state index in [1.165, 1.54) is 25.3 Å². The van der Waals surface area contributed by atoms with E-state index in [9.17, 15) is 13.2 Å². The normalized spacial score (nSPS) is 12.9. The van der Waals surface area contributed by atoms with Gasteiger partial charge in [0.2, 0.25) is 10.0 Å². The van der Waals surface area contributed by atoms with Crippen molar-refractivity contribution >= 4 is 21.7 Å². The average Bonchev–Trinajstić information content (AvgIpc) is 2.43. The zero-order chi connectivity index (χ0) is 15.3. The zero-order valence-electron chi connectivity index (χ0n) is 11.8. The van der Waals surface area contributed by atoms with E-state index in [0.717, 1.165) is 6.42 Å². The molecule has 0 radical (unpaired) electrons. The molecule has 0 fully saturated rings. The van der Waals surface area contributed by atoms with Crippen molar-refractivity contribution in [3.8, 4) is 0 Å². The molecule has 1 aromatic carbocycles. The molecule has 1 atom stereocenters. The zero-order valence-corrected chi connectivity index (χ0v) is 12.7.